The lowest BCUT2D eigenvalue weighted by molar-refractivity contribution is -0.192. The number of carbonyl (C=O) groups is 2. The van der Waals surface area contributed by atoms with Crippen LogP contribution in [0.2, 0.25) is 0 Å². The fourth-order valence-electron chi connectivity index (χ4n) is 6.28. The van der Waals surface area contributed by atoms with E-state index in [0.717, 1.165) is 35.4 Å². The van der Waals surface area contributed by atoms with Gasteiger partial charge in [0.2, 0.25) is 5.91 Å². The number of carboxylic acid groups (broad SMARTS) is 1. The van der Waals surface area contributed by atoms with Crippen LogP contribution in [-0.2, 0) is 11.3 Å². The average molecular weight is 475 g/mol. The number of rotatable bonds is 5. The smallest absolute Gasteiger partial charge is 0.475 e. The zero-order valence-corrected chi connectivity index (χ0v) is 18.8. The molecular weight excluding hydrogens is 445 g/mol. The van der Waals surface area contributed by atoms with Crippen molar-refractivity contribution in [3.63, 3.8) is 0 Å². The molecule has 4 bridgehead atoms. The Morgan fingerprint density at radius 3 is 1.94 bits per heavy atom. The van der Waals surface area contributed by atoms with E-state index in [2.05, 4.69) is 29.6 Å². The molecule has 0 aliphatic heterocycles. The van der Waals surface area contributed by atoms with E-state index in [-0.39, 0.29) is 5.91 Å². The number of hydrogen-bond donors (Lipinski definition) is 3. The first-order valence-electron chi connectivity index (χ1n) is 11.6. The van der Waals surface area contributed by atoms with Crippen LogP contribution in [0, 0.1) is 17.8 Å². The van der Waals surface area contributed by atoms with Gasteiger partial charge < -0.3 is 16.2 Å². The minimum atomic E-state index is -5.08. The van der Waals surface area contributed by atoms with Crippen LogP contribution in [0.15, 0.2) is 48.5 Å². The van der Waals surface area contributed by atoms with Crippen LogP contribution in [0.4, 0.5) is 13.2 Å². The van der Waals surface area contributed by atoms with Gasteiger partial charge in [0.1, 0.15) is 0 Å². The highest BCUT2D eigenvalue weighted by Crippen LogP contribution is 2.55. The van der Waals surface area contributed by atoms with Crippen molar-refractivity contribution in [2.45, 2.75) is 56.8 Å². The van der Waals surface area contributed by atoms with Crippen LogP contribution >= 0.6 is 0 Å². The SMILES string of the molecule is NC(=O)c1cccc(-c2ccc(CNC34CC5CC(CC(C5)C3)C4)cc2)c1.O=C(O)C(F)(F)F. The van der Waals surface area contributed by atoms with Crippen molar-refractivity contribution in [1.82, 2.24) is 5.32 Å². The van der Waals surface area contributed by atoms with Gasteiger partial charge in [-0.3, -0.25) is 4.79 Å². The highest BCUT2D eigenvalue weighted by Gasteiger charge is 2.50. The number of hydrogen-bond acceptors (Lipinski definition) is 3. The number of nitrogens with one attached hydrogen (secondary N) is 1. The number of benzene rings is 2. The lowest BCUT2D eigenvalue weighted by Gasteiger charge is -2.57. The monoisotopic (exact) mass is 474 g/mol. The van der Waals surface area contributed by atoms with Crippen molar-refractivity contribution in [2.24, 2.45) is 23.5 Å². The number of halogens is 3. The Labute approximate surface area is 196 Å². The second kappa shape index (κ2) is 9.41. The van der Waals surface area contributed by atoms with Gasteiger partial charge in [-0.2, -0.15) is 13.2 Å². The van der Waals surface area contributed by atoms with E-state index >= 15 is 0 Å². The third-order valence-electron chi connectivity index (χ3n) is 7.38. The van der Waals surface area contributed by atoms with Crippen molar-refractivity contribution in [3.8, 4) is 11.1 Å². The Balaban J connectivity index is 0.000000344. The van der Waals surface area contributed by atoms with Crippen LogP contribution < -0.4 is 11.1 Å². The van der Waals surface area contributed by atoms with E-state index in [1.165, 1.54) is 44.1 Å². The first kappa shape index (κ1) is 24.3. The summed E-state index contributed by atoms with van der Waals surface area (Å²) in [5, 5.41) is 11.1. The topological polar surface area (TPSA) is 92.4 Å². The maximum absolute atomic E-state index is 11.4. The van der Waals surface area contributed by atoms with Gasteiger partial charge in [0.15, 0.2) is 0 Å². The van der Waals surface area contributed by atoms with E-state index in [0.29, 0.717) is 11.1 Å². The molecule has 5 nitrogen and oxygen atoms in total. The molecule has 0 saturated heterocycles. The number of aliphatic carboxylic acids is 1. The molecule has 0 heterocycles. The summed E-state index contributed by atoms with van der Waals surface area (Å²) in [6.45, 7) is 0.952. The van der Waals surface area contributed by atoms with Crippen LogP contribution in [0.25, 0.3) is 11.1 Å². The van der Waals surface area contributed by atoms with Crippen LogP contribution in [0.3, 0.4) is 0 Å². The van der Waals surface area contributed by atoms with Crippen molar-refractivity contribution in [1.29, 1.82) is 0 Å². The molecule has 4 aliphatic carbocycles. The van der Waals surface area contributed by atoms with Gasteiger partial charge in [0.05, 0.1) is 0 Å². The molecule has 1 amide bonds. The summed E-state index contributed by atoms with van der Waals surface area (Å²) in [5.74, 6) is -0.211. The van der Waals surface area contributed by atoms with Gasteiger partial charge in [-0.25, -0.2) is 4.79 Å². The maximum Gasteiger partial charge on any atom is 0.490 e. The molecule has 4 saturated carbocycles. The summed E-state index contributed by atoms with van der Waals surface area (Å²) in [4.78, 5) is 20.3. The molecule has 182 valence electrons. The summed E-state index contributed by atoms with van der Waals surface area (Å²) in [5.41, 5.74) is 9.85. The predicted octanol–water partition coefficient (Wildman–Crippen LogP) is 5.14. The van der Waals surface area contributed by atoms with Gasteiger partial charge in [-0.15, -0.1) is 0 Å². The number of carbonyl (C=O) groups excluding carboxylic acids is 1. The lowest BCUT2D eigenvalue weighted by atomic mass is 9.53. The molecule has 6 rings (SSSR count). The molecule has 4 aliphatic rings. The third-order valence-corrected chi connectivity index (χ3v) is 7.38. The summed E-state index contributed by atoms with van der Waals surface area (Å²) in [6, 6.07) is 16.3. The molecule has 8 heteroatoms. The zero-order valence-electron chi connectivity index (χ0n) is 18.8. The van der Waals surface area contributed by atoms with Crippen LogP contribution in [-0.4, -0.2) is 28.7 Å². The minimum absolute atomic E-state index is 0.381. The fourth-order valence-corrected chi connectivity index (χ4v) is 6.28. The maximum atomic E-state index is 11.4. The standard InChI is InChI=1S/C24H28N2O.C2HF3O2/c25-23(27)22-3-1-2-21(11-22)20-6-4-16(5-7-20)15-26-24-12-17-8-18(13-24)10-19(9-17)14-24;3-2(4,5)1(6)7/h1-7,11,17-19,26H,8-10,12-15H2,(H2,25,27);(H,6,7). The molecule has 0 radical (unpaired) electrons. The highest BCUT2D eigenvalue weighted by molar-refractivity contribution is 5.94. The first-order chi connectivity index (χ1) is 16.0. The van der Waals surface area contributed by atoms with E-state index in [4.69, 9.17) is 15.6 Å². The minimum Gasteiger partial charge on any atom is -0.475 e. The number of amides is 1. The number of alkyl halides is 3. The molecule has 2 aromatic rings. The van der Waals surface area contributed by atoms with Gasteiger partial charge in [0, 0.05) is 17.6 Å². The summed E-state index contributed by atoms with van der Waals surface area (Å²) in [6.07, 6.45) is 3.53. The quantitative estimate of drug-likeness (QED) is 0.559. The first-order valence-corrected chi connectivity index (χ1v) is 11.6. The second-order valence-corrected chi connectivity index (χ2v) is 10.00. The largest absolute Gasteiger partial charge is 0.490 e. The van der Waals surface area contributed by atoms with Gasteiger partial charge in [-0.05, 0) is 85.1 Å². The molecule has 4 N–H and O–H groups in total. The fraction of sp³-hybridized carbons (Fsp3) is 0.462. The summed E-state index contributed by atoms with van der Waals surface area (Å²) >= 11 is 0. The van der Waals surface area contributed by atoms with Crippen LogP contribution in [0.5, 0.6) is 0 Å². The van der Waals surface area contributed by atoms with Crippen molar-refractivity contribution in [3.05, 3.63) is 59.7 Å². The van der Waals surface area contributed by atoms with E-state index < -0.39 is 12.1 Å². The summed E-state index contributed by atoms with van der Waals surface area (Å²) < 4.78 is 31.7. The molecule has 0 unspecified atom stereocenters. The molecule has 4 fully saturated rings. The number of carboxylic acids is 1. The van der Waals surface area contributed by atoms with E-state index in [9.17, 15) is 18.0 Å². The molecule has 0 spiro atoms. The Bertz CT molecular complexity index is 1010. The van der Waals surface area contributed by atoms with Gasteiger partial charge >= 0.3 is 12.1 Å². The number of nitrogens with two attached hydrogens (primary N) is 1. The molecule has 0 aromatic heterocycles. The van der Waals surface area contributed by atoms with Crippen molar-refractivity contribution in [2.75, 3.05) is 0 Å². The Morgan fingerprint density at radius 2 is 1.47 bits per heavy atom. The summed E-state index contributed by atoms with van der Waals surface area (Å²) in [7, 11) is 0. The van der Waals surface area contributed by atoms with Crippen molar-refractivity contribution < 1.29 is 27.9 Å². The third kappa shape index (κ3) is 5.60. The lowest BCUT2D eigenvalue weighted by Crippen LogP contribution is -2.58. The zero-order chi connectivity index (χ0) is 24.5. The highest BCUT2D eigenvalue weighted by atomic mass is 19.4. The Kier molecular flexibility index (Phi) is 6.71. The Morgan fingerprint density at radius 1 is 0.941 bits per heavy atom. The van der Waals surface area contributed by atoms with E-state index in [1.54, 1.807) is 6.07 Å². The number of primary amides is 1. The van der Waals surface area contributed by atoms with Crippen LogP contribution in [0.1, 0.15) is 54.4 Å². The molecule has 34 heavy (non-hydrogen) atoms. The average Bonchev–Trinajstić information content (AvgIpc) is 2.77. The van der Waals surface area contributed by atoms with Gasteiger partial charge in [0.25, 0.3) is 0 Å². The van der Waals surface area contributed by atoms with Gasteiger partial charge in [-0.1, -0.05) is 36.4 Å². The van der Waals surface area contributed by atoms with E-state index in [1.807, 2.05) is 18.2 Å². The Hall–Kier alpha value is -2.87. The molecule has 0 atom stereocenters. The molecular formula is C26H29F3N2O3. The normalized spacial score (nSPS) is 27.1. The second-order valence-electron chi connectivity index (χ2n) is 10.00. The predicted molar refractivity (Wildman–Crippen MR) is 122 cm³/mol. The molecule has 2 aromatic carbocycles. The van der Waals surface area contributed by atoms with Crippen molar-refractivity contribution >= 4 is 11.9 Å².